The van der Waals surface area contributed by atoms with Gasteiger partial charge in [0.1, 0.15) is 5.75 Å². The Bertz CT molecular complexity index is 1280. The Morgan fingerprint density at radius 3 is 2.37 bits per heavy atom. The number of rotatable bonds is 9. The second-order valence-corrected chi connectivity index (χ2v) is 9.53. The number of carbonyl (C=O) groups excluding carboxylic acids is 1. The minimum absolute atomic E-state index is 0.0389. The molecule has 4 heteroatoms. The molecule has 4 aromatic rings. The van der Waals surface area contributed by atoms with Gasteiger partial charge in [-0.05, 0) is 60.6 Å². The van der Waals surface area contributed by atoms with Crippen molar-refractivity contribution in [2.24, 2.45) is 0 Å². The normalized spacial score (nSPS) is 12.0. The summed E-state index contributed by atoms with van der Waals surface area (Å²) in [4.78, 5) is 15.7. The van der Waals surface area contributed by atoms with Crippen LogP contribution in [0.3, 0.4) is 0 Å². The molecular weight excluding hydrogens is 454 g/mol. The largest absolute Gasteiger partial charge is 0.506 e. The van der Waals surface area contributed by atoms with Crippen LogP contribution in [0.5, 0.6) is 5.75 Å². The minimum atomic E-state index is -0.0466. The van der Waals surface area contributed by atoms with Gasteiger partial charge < -0.3 is 10.0 Å². The van der Waals surface area contributed by atoms with E-state index in [9.17, 15) is 9.90 Å². The molecule has 0 heterocycles. The zero-order valence-corrected chi connectivity index (χ0v) is 21.1. The van der Waals surface area contributed by atoms with E-state index in [0.717, 1.165) is 36.8 Å². The summed E-state index contributed by atoms with van der Waals surface area (Å²) in [5.74, 6) is 0.462. The summed E-state index contributed by atoms with van der Waals surface area (Å²) in [5.41, 5.74) is 3.93. The summed E-state index contributed by atoms with van der Waals surface area (Å²) in [7, 11) is 0. The van der Waals surface area contributed by atoms with Gasteiger partial charge in [-0.15, -0.1) is 0 Å². The number of phenols is 1. The van der Waals surface area contributed by atoms with Gasteiger partial charge in [0.25, 0.3) is 5.91 Å². The fourth-order valence-corrected chi connectivity index (χ4v) is 4.83. The van der Waals surface area contributed by atoms with Crippen molar-refractivity contribution in [1.82, 2.24) is 0 Å². The lowest BCUT2D eigenvalue weighted by Crippen LogP contribution is -2.32. The highest BCUT2D eigenvalue weighted by atomic mass is 35.5. The molecule has 0 spiro atoms. The maximum Gasteiger partial charge on any atom is 0.258 e. The number of phenolic OH excluding ortho intramolecular Hbond substituents is 1. The van der Waals surface area contributed by atoms with Gasteiger partial charge >= 0.3 is 0 Å². The van der Waals surface area contributed by atoms with E-state index in [4.69, 9.17) is 11.6 Å². The summed E-state index contributed by atoms with van der Waals surface area (Å²) >= 11 is 6.16. The molecule has 1 amide bonds. The van der Waals surface area contributed by atoms with Crippen LogP contribution in [0.1, 0.15) is 60.5 Å². The number of aromatic hydroxyl groups is 1. The van der Waals surface area contributed by atoms with Crippen LogP contribution in [0.15, 0.2) is 84.9 Å². The first kappa shape index (κ1) is 24.8. The van der Waals surface area contributed by atoms with Crippen molar-refractivity contribution in [3.8, 4) is 5.75 Å². The fraction of sp³-hybridized carbons (Fsp3) is 0.258. The van der Waals surface area contributed by atoms with Gasteiger partial charge in [0, 0.05) is 22.9 Å². The van der Waals surface area contributed by atoms with Crippen LogP contribution in [0.25, 0.3) is 10.8 Å². The molecule has 0 aliphatic heterocycles. The Balaban J connectivity index is 1.67. The van der Waals surface area contributed by atoms with E-state index in [2.05, 4.69) is 38.1 Å². The molecule has 35 heavy (non-hydrogen) atoms. The number of hydrogen-bond acceptors (Lipinski definition) is 2. The lowest BCUT2D eigenvalue weighted by Gasteiger charge is -2.25. The van der Waals surface area contributed by atoms with E-state index in [1.54, 1.807) is 6.07 Å². The van der Waals surface area contributed by atoms with Crippen LogP contribution in [0, 0.1) is 0 Å². The van der Waals surface area contributed by atoms with Crippen molar-refractivity contribution >= 4 is 34.0 Å². The molecule has 3 nitrogen and oxygen atoms in total. The first-order valence-electron chi connectivity index (χ1n) is 12.4. The Hall–Kier alpha value is -3.30. The zero-order chi connectivity index (χ0) is 24.8. The van der Waals surface area contributed by atoms with E-state index in [0.29, 0.717) is 28.4 Å². The highest BCUT2D eigenvalue weighted by Crippen LogP contribution is 2.37. The summed E-state index contributed by atoms with van der Waals surface area (Å²) < 4.78 is 0. The minimum Gasteiger partial charge on any atom is -0.506 e. The first-order valence-corrected chi connectivity index (χ1v) is 12.7. The number of benzene rings is 4. The lowest BCUT2D eigenvalue weighted by atomic mass is 9.95. The summed E-state index contributed by atoms with van der Waals surface area (Å²) in [5, 5.41) is 12.3. The van der Waals surface area contributed by atoms with Crippen LogP contribution >= 0.6 is 11.6 Å². The maximum atomic E-state index is 13.8. The van der Waals surface area contributed by atoms with Crippen molar-refractivity contribution < 1.29 is 9.90 Å². The molecule has 0 fully saturated rings. The van der Waals surface area contributed by atoms with Crippen LogP contribution in [-0.2, 0) is 6.42 Å². The number of carbonyl (C=O) groups is 1. The molecule has 0 aromatic heterocycles. The molecule has 0 bridgehead atoms. The van der Waals surface area contributed by atoms with Crippen molar-refractivity contribution in [1.29, 1.82) is 0 Å². The van der Waals surface area contributed by atoms with Gasteiger partial charge in [-0.2, -0.15) is 0 Å². The summed E-state index contributed by atoms with van der Waals surface area (Å²) in [6.07, 6.45) is 3.95. The smallest absolute Gasteiger partial charge is 0.258 e. The zero-order valence-electron chi connectivity index (χ0n) is 20.4. The third-order valence-corrected chi connectivity index (χ3v) is 6.94. The van der Waals surface area contributed by atoms with Gasteiger partial charge in [-0.3, -0.25) is 4.79 Å². The molecule has 0 aliphatic rings. The monoisotopic (exact) mass is 485 g/mol. The lowest BCUT2D eigenvalue weighted by molar-refractivity contribution is 0.0987. The third-order valence-electron chi connectivity index (χ3n) is 6.64. The number of amides is 1. The molecular formula is C31H32ClNO2. The highest BCUT2D eigenvalue weighted by molar-refractivity contribution is 6.33. The highest BCUT2D eigenvalue weighted by Gasteiger charge is 2.21. The van der Waals surface area contributed by atoms with Crippen LogP contribution in [-0.4, -0.2) is 17.6 Å². The van der Waals surface area contributed by atoms with Gasteiger partial charge in [-0.1, -0.05) is 92.5 Å². The molecule has 4 aromatic carbocycles. The topological polar surface area (TPSA) is 40.5 Å². The second kappa shape index (κ2) is 11.4. The van der Waals surface area contributed by atoms with Crippen LogP contribution in [0.4, 0.5) is 5.69 Å². The van der Waals surface area contributed by atoms with E-state index in [1.165, 1.54) is 11.1 Å². The number of halogens is 1. The fourth-order valence-electron chi connectivity index (χ4n) is 4.66. The van der Waals surface area contributed by atoms with Crippen LogP contribution in [0.2, 0.25) is 5.02 Å². The molecule has 4 rings (SSSR count). The van der Waals surface area contributed by atoms with E-state index in [-0.39, 0.29) is 11.7 Å². The third kappa shape index (κ3) is 5.68. The first-order chi connectivity index (χ1) is 17.0. The summed E-state index contributed by atoms with van der Waals surface area (Å²) in [6.45, 7) is 4.98. The van der Waals surface area contributed by atoms with Crippen molar-refractivity contribution in [2.75, 3.05) is 11.4 Å². The van der Waals surface area contributed by atoms with Crippen molar-refractivity contribution in [3.63, 3.8) is 0 Å². The standard InChI is InChI=1S/C31H32ClNO2/c1-3-9-22(2)24-15-17-25(18-16-24)31(35)33(21-8-12-23-10-5-4-6-11-23)29-14-7-13-27-26(29)19-20-28(32)30(27)34/h4-7,10-11,13-20,22,34H,3,8-9,12,21H2,1-2H3. The summed E-state index contributed by atoms with van der Waals surface area (Å²) in [6, 6.07) is 27.5. The second-order valence-electron chi connectivity index (χ2n) is 9.13. The number of aryl methyl sites for hydroxylation is 1. The van der Waals surface area contributed by atoms with Gasteiger partial charge in [0.05, 0.1) is 10.7 Å². The molecule has 1 unspecified atom stereocenters. The SMILES string of the molecule is CCCC(C)c1ccc(C(=O)N(CCCc2ccccc2)c2cccc3c(O)c(Cl)ccc23)cc1. The molecule has 1 N–H and O–H groups in total. The van der Waals surface area contributed by atoms with Gasteiger partial charge in [0.15, 0.2) is 0 Å². The maximum absolute atomic E-state index is 13.8. The molecule has 0 saturated carbocycles. The average Bonchev–Trinajstić information content (AvgIpc) is 2.89. The number of fused-ring (bicyclic) bond motifs is 1. The number of nitrogens with zero attached hydrogens (tertiary/aromatic N) is 1. The molecule has 1 atom stereocenters. The Morgan fingerprint density at radius 2 is 1.66 bits per heavy atom. The van der Waals surface area contributed by atoms with Crippen molar-refractivity contribution in [2.45, 2.75) is 45.4 Å². The number of hydrogen-bond donors (Lipinski definition) is 1. The molecule has 0 radical (unpaired) electrons. The Labute approximate surface area is 213 Å². The molecule has 0 saturated heterocycles. The Kier molecular flexibility index (Phi) is 8.09. The van der Waals surface area contributed by atoms with Gasteiger partial charge in [0.2, 0.25) is 0 Å². The van der Waals surface area contributed by atoms with Crippen molar-refractivity contribution in [3.05, 3.63) is 107 Å². The van der Waals surface area contributed by atoms with Crippen LogP contribution < -0.4 is 4.90 Å². The van der Waals surface area contributed by atoms with E-state index < -0.39 is 0 Å². The molecule has 180 valence electrons. The average molecular weight is 486 g/mol. The number of anilines is 1. The Morgan fingerprint density at radius 1 is 0.914 bits per heavy atom. The van der Waals surface area contributed by atoms with E-state index >= 15 is 0 Å². The quantitative estimate of drug-likeness (QED) is 0.258. The predicted octanol–water partition coefficient (Wildman–Crippen LogP) is 8.38. The van der Waals surface area contributed by atoms with Gasteiger partial charge in [-0.25, -0.2) is 0 Å². The predicted molar refractivity (Wildman–Crippen MR) is 147 cm³/mol. The van der Waals surface area contributed by atoms with E-state index in [1.807, 2.05) is 59.5 Å². The molecule has 0 aliphatic carbocycles.